The maximum Gasteiger partial charge on any atom is 0.338 e. The molecular formula is C16H18N4O4S. The highest BCUT2D eigenvalue weighted by atomic mass is 32.2. The van der Waals surface area contributed by atoms with E-state index in [0.717, 1.165) is 5.56 Å². The van der Waals surface area contributed by atoms with Crippen molar-refractivity contribution in [3.05, 3.63) is 59.7 Å². The normalized spacial score (nSPS) is 10.9. The second kappa shape index (κ2) is 7.77. The van der Waals surface area contributed by atoms with Gasteiger partial charge in [-0.05, 0) is 42.0 Å². The third-order valence-corrected chi connectivity index (χ3v) is 4.17. The molecule has 0 radical (unpaired) electrons. The van der Waals surface area contributed by atoms with Gasteiger partial charge >= 0.3 is 5.97 Å². The number of rotatable bonds is 6. The number of nitrogens with two attached hydrogens (primary N) is 3. The van der Waals surface area contributed by atoms with Gasteiger partial charge in [-0.1, -0.05) is 12.1 Å². The summed E-state index contributed by atoms with van der Waals surface area (Å²) >= 11 is 0. The lowest BCUT2D eigenvalue weighted by Crippen LogP contribution is -2.21. The largest absolute Gasteiger partial charge is 0.462 e. The Morgan fingerprint density at radius 1 is 1.00 bits per heavy atom. The van der Waals surface area contributed by atoms with Gasteiger partial charge in [0, 0.05) is 6.42 Å². The average molecular weight is 362 g/mol. The molecule has 0 spiro atoms. The second-order valence-corrected chi connectivity index (χ2v) is 6.72. The van der Waals surface area contributed by atoms with E-state index in [-0.39, 0.29) is 17.5 Å². The van der Waals surface area contributed by atoms with Crippen LogP contribution in [0.2, 0.25) is 0 Å². The van der Waals surface area contributed by atoms with Crippen LogP contribution in [0.25, 0.3) is 0 Å². The fraction of sp³-hybridized carbons (Fsp3) is 0.125. The number of hydrogen-bond donors (Lipinski definition) is 3. The molecule has 25 heavy (non-hydrogen) atoms. The van der Waals surface area contributed by atoms with Crippen LogP contribution in [0.15, 0.2) is 58.4 Å². The predicted molar refractivity (Wildman–Crippen MR) is 93.7 cm³/mol. The zero-order valence-corrected chi connectivity index (χ0v) is 14.1. The van der Waals surface area contributed by atoms with Crippen molar-refractivity contribution >= 4 is 27.6 Å². The van der Waals surface area contributed by atoms with E-state index in [1.807, 2.05) is 0 Å². The van der Waals surface area contributed by atoms with Crippen LogP contribution in [-0.4, -0.2) is 27.0 Å². The van der Waals surface area contributed by atoms with Crippen molar-refractivity contribution in [2.75, 3.05) is 6.61 Å². The number of carbonyl (C=O) groups is 1. The van der Waals surface area contributed by atoms with Crippen molar-refractivity contribution in [1.82, 2.24) is 0 Å². The van der Waals surface area contributed by atoms with Crippen molar-refractivity contribution < 1.29 is 17.9 Å². The molecule has 9 heteroatoms. The summed E-state index contributed by atoms with van der Waals surface area (Å²) < 4.78 is 27.5. The number of aliphatic imine (C=N–C) groups is 1. The predicted octanol–water partition coefficient (Wildman–Crippen LogP) is 0.638. The fourth-order valence-corrected chi connectivity index (χ4v) is 2.53. The van der Waals surface area contributed by atoms with E-state index >= 15 is 0 Å². The van der Waals surface area contributed by atoms with Crippen molar-refractivity contribution in [1.29, 1.82) is 0 Å². The lowest BCUT2D eigenvalue weighted by Gasteiger charge is -2.06. The monoisotopic (exact) mass is 362 g/mol. The zero-order chi connectivity index (χ0) is 18.4. The number of primary sulfonamides is 1. The van der Waals surface area contributed by atoms with Gasteiger partial charge in [-0.15, -0.1) is 0 Å². The number of guanidine groups is 1. The summed E-state index contributed by atoms with van der Waals surface area (Å²) in [6.45, 7) is 0.156. The van der Waals surface area contributed by atoms with Crippen LogP contribution >= 0.6 is 0 Å². The van der Waals surface area contributed by atoms with E-state index < -0.39 is 16.0 Å². The minimum Gasteiger partial charge on any atom is -0.462 e. The maximum atomic E-state index is 12.0. The number of ether oxygens (including phenoxy) is 1. The molecule has 0 atom stereocenters. The maximum absolute atomic E-state index is 12.0. The molecular weight excluding hydrogens is 344 g/mol. The number of carbonyl (C=O) groups excluding carboxylic acids is 1. The van der Waals surface area contributed by atoms with Crippen LogP contribution in [0.1, 0.15) is 15.9 Å². The number of nitrogens with zero attached hydrogens (tertiary/aromatic N) is 1. The second-order valence-electron chi connectivity index (χ2n) is 5.16. The summed E-state index contributed by atoms with van der Waals surface area (Å²) in [5.74, 6) is -0.541. The van der Waals surface area contributed by atoms with Crippen LogP contribution in [0, 0.1) is 0 Å². The Bertz CT molecular complexity index is 871. The summed E-state index contributed by atoms with van der Waals surface area (Å²) in [5.41, 5.74) is 12.3. The Hall–Kier alpha value is -2.91. The highest BCUT2D eigenvalue weighted by Gasteiger charge is 2.09. The van der Waals surface area contributed by atoms with Gasteiger partial charge < -0.3 is 16.2 Å². The van der Waals surface area contributed by atoms with E-state index in [0.29, 0.717) is 17.7 Å². The van der Waals surface area contributed by atoms with E-state index in [9.17, 15) is 13.2 Å². The Morgan fingerprint density at radius 2 is 1.60 bits per heavy atom. The Kier molecular flexibility index (Phi) is 5.73. The van der Waals surface area contributed by atoms with Crippen molar-refractivity contribution in [3.63, 3.8) is 0 Å². The number of esters is 1. The summed E-state index contributed by atoms with van der Waals surface area (Å²) in [5, 5.41) is 5.03. The van der Waals surface area contributed by atoms with E-state index in [1.54, 1.807) is 36.4 Å². The molecule has 8 nitrogen and oxygen atoms in total. The Morgan fingerprint density at radius 3 is 2.12 bits per heavy atom. The van der Waals surface area contributed by atoms with Gasteiger partial charge in [0.05, 0.1) is 22.8 Å². The summed E-state index contributed by atoms with van der Waals surface area (Å²) in [6, 6.07) is 12.4. The molecule has 2 aromatic rings. The third-order valence-electron chi connectivity index (χ3n) is 3.24. The molecule has 0 saturated carbocycles. The molecule has 0 fully saturated rings. The molecule has 0 aromatic heterocycles. The minimum absolute atomic E-state index is 0.0362. The highest BCUT2D eigenvalue weighted by Crippen LogP contribution is 2.14. The van der Waals surface area contributed by atoms with E-state index in [2.05, 4.69) is 4.99 Å². The molecule has 0 amide bonds. The topological polar surface area (TPSA) is 151 Å². The van der Waals surface area contributed by atoms with Crippen LogP contribution in [0.4, 0.5) is 5.69 Å². The quantitative estimate of drug-likeness (QED) is 0.390. The number of sulfonamides is 1. The molecule has 2 aromatic carbocycles. The fourth-order valence-electron chi connectivity index (χ4n) is 2.01. The molecule has 0 saturated heterocycles. The van der Waals surface area contributed by atoms with Gasteiger partial charge in [0.15, 0.2) is 5.96 Å². The van der Waals surface area contributed by atoms with Crippen molar-refractivity contribution in [3.8, 4) is 0 Å². The Balaban J connectivity index is 1.89. The smallest absolute Gasteiger partial charge is 0.338 e. The van der Waals surface area contributed by atoms with Crippen LogP contribution in [0.5, 0.6) is 0 Å². The first-order valence-corrected chi connectivity index (χ1v) is 8.79. The average Bonchev–Trinajstić information content (AvgIpc) is 2.54. The zero-order valence-electron chi connectivity index (χ0n) is 13.3. The SMILES string of the molecule is NC(N)=Nc1ccc(C(=O)OCCc2ccc(S(N)(=O)=O)cc2)cc1. The molecule has 132 valence electrons. The molecule has 0 aliphatic carbocycles. The summed E-state index contributed by atoms with van der Waals surface area (Å²) in [7, 11) is -3.71. The first kappa shape index (κ1) is 18.4. The van der Waals surface area contributed by atoms with Crippen LogP contribution in [0.3, 0.4) is 0 Å². The van der Waals surface area contributed by atoms with E-state index in [4.69, 9.17) is 21.3 Å². The van der Waals surface area contributed by atoms with Gasteiger partial charge in [0.25, 0.3) is 0 Å². The van der Waals surface area contributed by atoms with Crippen LogP contribution in [-0.2, 0) is 21.2 Å². The van der Waals surface area contributed by atoms with Crippen LogP contribution < -0.4 is 16.6 Å². The molecule has 0 heterocycles. The molecule has 0 bridgehead atoms. The molecule has 0 unspecified atom stereocenters. The summed E-state index contributed by atoms with van der Waals surface area (Å²) in [6.07, 6.45) is 0.447. The Labute approximate surface area is 145 Å². The minimum atomic E-state index is -3.71. The van der Waals surface area contributed by atoms with Crippen molar-refractivity contribution in [2.45, 2.75) is 11.3 Å². The molecule has 0 aliphatic heterocycles. The van der Waals surface area contributed by atoms with Gasteiger partial charge in [0.2, 0.25) is 10.0 Å². The highest BCUT2D eigenvalue weighted by molar-refractivity contribution is 7.89. The van der Waals surface area contributed by atoms with E-state index in [1.165, 1.54) is 12.1 Å². The van der Waals surface area contributed by atoms with Gasteiger partial charge in [0.1, 0.15) is 0 Å². The molecule has 6 N–H and O–H groups in total. The third kappa shape index (κ3) is 5.59. The van der Waals surface area contributed by atoms with Gasteiger partial charge in [-0.25, -0.2) is 23.3 Å². The van der Waals surface area contributed by atoms with Crippen molar-refractivity contribution in [2.24, 2.45) is 21.6 Å². The number of benzene rings is 2. The van der Waals surface area contributed by atoms with Gasteiger partial charge in [-0.2, -0.15) is 0 Å². The summed E-state index contributed by atoms with van der Waals surface area (Å²) in [4.78, 5) is 15.8. The lowest BCUT2D eigenvalue weighted by molar-refractivity contribution is 0.0509. The standard InChI is InChI=1S/C16H18N4O4S/c17-16(18)20-13-5-3-12(4-6-13)15(21)24-10-9-11-1-7-14(8-2-11)25(19,22)23/h1-8H,9-10H2,(H4,17,18,20)(H2,19,22,23). The first-order valence-electron chi connectivity index (χ1n) is 7.24. The molecule has 2 rings (SSSR count). The number of hydrogen-bond acceptors (Lipinski definition) is 5. The van der Waals surface area contributed by atoms with Gasteiger partial charge in [-0.3, -0.25) is 0 Å². The molecule has 0 aliphatic rings. The lowest BCUT2D eigenvalue weighted by atomic mass is 10.2. The first-order chi connectivity index (χ1) is 11.8.